The monoisotopic (exact) mass is 470 g/mol. The van der Waals surface area contributed by atoms with E-state index >= 15 is 0 Å². The molecule has 6 heteroatoms. The van der Waals surface area contributed by atoms with Gasteiger partial charge in [-0.05, 0) is 69.8 Å². The Labute approximate surface area is 205 Å². The summed E-state index contributed by atoms with van der Waals surface area (Å²) >= 11 is 0. The van der Waals surface area contributed by atoms with Crippen molar-refractivity contribution < 1.29 is 19.1 Å². The van der Waals surface area contributed by atoms with Crippen LogP contribution in [0.2, 0.25) is 0 Å². The van der Waals surface area contributed by atoms with Crippen LogP contribution in [0, 0.1) is 5.92 Å². The molecule has 6 nitrogen and oxygen atoms in total. The zero-order valence-corrected chi connectivity index (χ0v) is 20.9. The van der Waals surface area contributed by atoms with Crippen molar-refractivity contribution in [1.82, 2.24) is 9.80 Å². The normalized spacial score (nSPS) is 19.9. The third-order valence-corrected chi connectivity index (χ3v) is 7.31. The summed E-state index contributed by atoms with van der Waals surface area (Å²) in [4.78, 5) is 41.6. The largest absolute Gasteiger partial charge is 0.465 e. The van der Waals surface area contributed by atoms with Gasteiger partial charge >= 0.3 is 5.97 Å². The molecule has 2 unspecified atom stereocenters. The molecule has 1 saturated heterocycles. The summed E-state index contributed by atoms with van der Waals surface area (Å²) in [6.45, 7) is 3.47. The van der Waals surface area contributed by atoms with Crippen LogP contribution in [0.3, 0.4) is 0 Å². The highest BCUT2D eigenvalue weighted by Gasteiger charge is 2.35. The smallest absolute Gasteiger partial charge is 0.325 e. The summed E-state index contributed by atoms with van der Waals surface area (Å²) in [7, 11) is 0. The van der Waals surface area contributed by atoms with Crippen LogP contribution in [-0.4, -0.2) is 59.9 Å². The fourth-order valence-electron chi connectivity index (χ4n) is 5.56. The van der Waals surface area contributed by atoms with Crippen molar-refractivity contribution in [2.75, 3.05) is 26.2 Å². The minimum atomic E-state index is -0.369. The first-order chi connectivity index (χ1) is 16.6. The number of ether oxygens (including phenoxy) is 1. The molecule has 0 bridgehead atoms. The number of piperidine rings is 1. The number of aryl methyl sites for hydroxylation is 1. The van der Waals surface area contributed by atoms with E-state index in [-0.39, 0.29) is 24.3 Å². The molecule has 0 spiro atoms. The first kappa shape index (κ1) is 26.2. The zero-order valence-electron chi connectivity index (χ0n) is 20.9. The summed E-state index contributed by atoms with van der Waals surface area (Å²) in [5.41, 5.74) is 1.28. The predicted molar refractivity (Wildman–Crippen MR) is 133 cm³/mol. The maximum Gasteiger partial charge on any atom is 0.325 e. The van der Waals surface area contributed by atoms with Crippen LogP contribution in [0.15, 0.2) is 30.3 Å². The van der Waals surface area contributed by atoms with Crippen LogP contribution < -0.4 is 0 Å². The number of hydrogen-bond acceptors (Lipinski definition) is 4. The number of fused-ring (bicyclic) bond motifs is 1. The Hall–Kier alpha value is -2.37. The van der Waals surface area contributed by atoms with E-state index in [9.17, 15) is 14.4 Å². The lowest BCUT2D eigenvalue weighted by Gasteiger charge is -2.44. The average Bonchev–Trinajstić information content (AvgIpc) is 2.86. The topological polar surface area (TPSA) is 66.9 Å². The Balaban J connectivity index is 1.44. The van der Waals surface area contributed by atoms with Crippen LogP contribution in [0.5, 0.6) is 0 Å². The molecule has 0 radical (unpaired) electrons. The molecule has 3 rings (SSSR count). The number of unbranched alkanes of at least 4 members (excludes halogenated alkanes) is 1. The van der Waals surface area contributed by atoms with Gasteiger partial charge in [-0.3, -0.25) is 14.4 Å². The van der Waals surface area contributed by atoms with Crippen molar-refractivity contribution in [2.24, 2.45) is 5.92 Å². The van der Waals surface area contributed by atoms with Gasteiger partial charge in [0.2, 0.25) is 11.8 Å². The van der Waals surface area contributed by atoms with Crippen molar-refractivity contribution in [3.8, 4) is 0 Å². The second kappa shape index (κ2) is 14.1. The van der Waals surface area contributed by atoms with Crippen molar-refractivity contribution in [2.45, 2.75) is 90.0 Å². The molecule has 1 aliphatic carbocycles. The zero-order chi connectivity index (χ0) is 24.2. The Bertz CT molecular complexity index is 780. The minimum absolute atomic E-state index is 0.0121. The number of rotatable bonds is 12. The van der Waals surface area contributed by atoms with Crippen molar-refractivity contribution in [1.29, 1.82) is 0 Å². The number of carbonyl (C=O) groups excluding carboxylic acids is 3. The number of amides is 2. The van der Waals surface area contributed by atoms with Gasteiger partial charge in [0.25, 0.3) is 0 Å². The molecular formula is C28H42N2O4. The fraction of sp³-hybridized carbons (Fsp3) is 0.679. The Morgan fingerprint density at radius 3 is 2.53 bits per heavy atom. The third-order valence-electron chi connectivity index (χ3n) is 7.31. The van der Waals surface area contributed by atoms with Gasteiger partial charge in [0.05, 0.1) is 6.61 Å². The van der Waals surface area contributed by atoms with E-state index in [1.54, 1.807) is 11.8 Å². The quantitative estimate of drug-likeness (QED) is 0.327. The average molecular weight is 471 g/mol. The molecule has 1 aliphatic heterocycles. The second-order valence-electron chi connectivity index (χ2n) is 9.76. The SMILES string of the molecule is CCOC(=O)CN(CCCCc1ccccc1)C(=O)CCCC(=O)N1CCCC2CCCCC21. The number of benzene rings is 1. The second-order valence-corrected chi connectivity index (χ2v) is 9.76. The number of hydrogen-bond donors (Lipinski definition) is 0. The van der Waals surface area contributed by atoms with Gasteiger partial charge in [-0.25, -0.2) is 0 Å². The van der Waals surface area contributed by atoms with E-state index in [1.165, 1.54) is 31.2 Å². The predicted octanol–water partition coefficient (Wildman–Crippen LogP) is 4.75. The van der Waals surface area contributed by atoms with E-state index in [1.807, 2.05) is 18.2 Å². The maximum atomic E-state index is 12.9. The van der Waals surface area contributed by atoms with E-state index in [0.717, 1.165) is 38.6 Å². The standard InChI is InChI=1S/C28H42N2O4/c1-2-34-28(33)22-29(20-9-8-14-23-12-4-3-5-13-23)26(31)18-10-19-27(32)30-21-11-16-24-15-6-7-17-25(24)30/h3-5,12-13,24-25H,2,6-11,14-22H2,1H3. The van der Waals surface area contributed by atoms with Gasteiger partial charge < -0.3 is 14.5 Å². The van der Waals surface area contributed by atoms with Crippen molar-refractivity contribution in [3.63, 3.8) is 0 Å². The van der Waals surface area contributed by atoms with Crippen LogP contribution in [0.4, 0.5) is 0 Å². The lowest BCUT2D eigenvalue weighted by atomic mass is 9.78. The molecule has 1 saturated carbocycles. The Morgan fingerprint density at radius 1 is 0.971 bits per heavy atom. The fourth-order valence-corrected chi connectivity index (χ4v) is 5.56. The number of esters is 1. The van der Waals surface area contributed by atoms with Crippen LogP contribution in [0.25, 0.3) is 0 Å². The number of nitrogens with zero attached hydrogens (tertiary/aromatic N) is 2. The van der Waals surface area contributed by atoms with Gasteiger partial charge in [0.1, 0.15) is 6.54 Å². The Kier molecular flexibility index (Phi) is 10.9. The molecule has 2 atom stereocenters. The highest BCUT2D eigenvalue weighted by molar-refractivity contribution is 5.83. The molecule has 2 amide bonds. The summed E-state index contributed by atoms with van der Waals surface area (Å²) in [5.74, 6) is 0.439. The lowest BCUT2D eigenvalue weighted by molar-refractivity contribution is -0.149. The molecule has 1 heterocycles. The highest BCUT2D eigenvalue weighted by atomic mass is 16.5. The number of likely N-dealkylation sites (tertiary alicyclic amines) is 1. The van der Waals surface area contributed by atoms with Gasteiger partial charge in [-0.1, -0.05) is 43.2 Å². The molecule has 1 aromatic carbocycles. The van der Waals surface area contributed by atoms with Crippen molar-refractivity contribution >= 4 is 17.8 Å². The lowest BCUT2D eigenvalue weighted by Crippen LogP contribution is -2.49. The molecule has 34 heavy (non-hydrogen) atoms. The van der Waals surface area contributed by atoms with Crippen LogP contribution in [-0.2, 0) is 25.5 Å². The molecule has 0 N–H and O–H groups in total. The van der Waals surface area contributed by atoms with Crippen LogP contribution in [0.1, 0.15) is 83.1 Å². The van der Waals surface area contributed by atoms with Gasteiger partial charge in [0.15, 0.2) is 0 Å². The van der Waals surface area contributed by atoms with Gasteiger partial charge in [-0.2, -0.15) is 0 Å². The molecule has 188 valence electrons. The molecule has 2 fully saturated rings. The highest BCUT2D eigenvalue weighted by Crippen LogP contribution is 2.35. The van der Waals surface area contributed by atoms with E-state index in [2.05, 4.69) is 17.0 Å². The van der Waals surface area contributed by atoms with Gasteiger partial charge in [-0.15, -0.1) is 0 Å². The van der Waals surface area contributed by atoms with Crippen molar-refractivity contribution in [3.05, 3.63) is 35.9 Å². The molecule has 0 aromatic heterocycles. The first-order valence-electron chi connectivity index (χ1n) is 13.3. The van der Waals surface area contributed by atoms with E-state index in [0.29, 0.717) is 44.4 Å². The maximum absolute atomic E-state index is 12.9. The molecule has 2 aliphatic rings. The number of carbonyl (C=O) groups is 3. The summed E-state index contributed by atoms with van der Waals surface area (Å²) in [6, 6.07) is 10.7. The summed E-state index contributed by atoms with van der Waals surface area (Å²) in [6.07, 6.45) is 11.2. The molecular weight excluding hydrogens is 428 g/mol. The van der Waals surface area contributed by atoms with Crippen LogP contribution >= 0.6 is 0 Å². The summed E-state index contributed by atoms with van der Waals surface area (Å²) < 4.78 is 5.08. The van der Waals surface area contributed by atoms with E-state index < -0.39 is 0 Å². The summed E-state index contributed by atoms with van der Waals surface area (Å²) in [5, 5.41) is 0. The first-order valence-corrected chi connectivity index (χ1v) is 13.3. The Morgan fingerprint density at radius 2 is 1.74 bits per heavy atom. The van der Waals surface area contributed by atoms with Gasteiger partial charge in [0, 0.05) is 32.0 Å². The molecule has 1 aromatic rings. The minimum Gasteiger partial charge on any atom is -0.465 e. The third kappa shape index (κ3) is 8.14. The van der Waals surface area contributed by atoms with E-state index in [4.69, 9.17) is 4.74 Å².